The average molecular weight is 313 g/mol. The van der Waals surface area contributed by atoms with E-state index < -0.39 is 0 Å². The number of benzene rings is 1. The van der Waals surface area contributed by atoms with E-state index in [-0.39, 0.29) is 11.9 Å². The molecular formula is C18H21N2OS. The molecule has 1 unspecified atom stereocenters. The number of nitrogens with one attached hydrogen (secondary N) is 1. The predicted molar refractivity (Wildman–Crippen MR) is 91.1 cm³/mol. The van der Waals surface area contributed by atoms with Gasteiger partial charge in [0.15, 0.2) is 0 Å². The number of hydrogen-bond donors (Lipinski definition) is 1. The van der Waals surface area contributed by atoms with Crippen LogP contribution in [-0.4, -0.2) is 36.5 Å². The number of carbonyl (C=O) groups excluding carboxylic acids is 1. The van der Waals surface area contributed by atoms with Crippen molar-refractivity contribution in [2.24, 2.45) is 0 Å². The summed E-state index contributed by atoms with van der Waals surface area (Å²) >= 11 is 1.49. The molecule has 1 amide bonds. The lowest BCUT2D eigenvalue weighted by atomic mass is 10.0. The first kappa shape index (κ1) is 15.3. The second kappa shape index (κ2) is 7.56. The van der Waals surface area contributed by atoms with Crippen LogP contribution in [0.25, 0.3) is 0 Å². The lowest BCUT2D eigenvalue weighted by molar-refractivity contribution is 0.0927. The van der Waals surface area contributed by atoms with Gasteiger partial charge in [-0.25, -0.2) is 0 Å². The number of nitrogens with zero attached hydrogens (tertiary/aromatic N) is 1. The quantitative estimate of drug-likeness (QED) is 0.920. The molecule has 3 nitrogen and oxygen atoms in total. The fraction of sp³-hybridized carbons (Fsp3) is 0.333. The van der Waals surface area contributed by atoms with Crippen LogP contribution in [-0.2, 0) is 6.42 Å². The molecule has 0 saturated carbocycles. The summed E-state index contributed by atoms with van der Waals surface area (Å²) in [6, 6.07) is 14.5. The highest BCUT2D eigenvalue weighted by Gasteiger charge is 2.22. The van der Waals surface area contributed by atoms with Gasteiger partial charge in [0.1, 0.15) is 0 Å². The average Bonchev–Trinajstić information content (AvgIpc) is 3.09. The molecule has 1 aliphatic rings. The molecule has 1 radical (unpaired) electrons. The Morgan fingerprint density at radius 1 is 1.23 bits per heavy atom. The molecule has 1 saturated heterocycles. The third kappa shape index (κ3) is 4.18. The number of likely N-dealkylation sites (tertiary alicyclic amines) is 1. The van der Waals surface area contributed by atoms with Crippen LogP contribution >= 0.6 is 11.3 Å². The first-order valence-corrected chi connectivity index (χ1v) is 8.63. The monoisotopic (exact) mass is 313 g/mol. The number of rotatable bonds is 5. The van der Waals surface area contributed by atoms with Gasteiger partial charge in [0.25, 0.3) is 5.91 Å². The Morgan fingerprint density at radius 2 is 2.09 bits per heavy atom. The zero-order valence-corrected chi connectivity index (χ0v) is 13.4. The third-order valence-corrected chi connectivity index (χ3v) is 4.84. The van der Waals surface area contributed by atoms with E-state index in [9.17, 15) is 4.79 Å². The van der Waals surface area contributed by atoms with E-state index in [2.05, 4.69) is 47.0 Å². The van der Waals surface area contributed by atoms with Crippen molar-refractivity contribution in [3.05, 3.63) is 64.7 Å². The zero-order chi connectivity index (χ0) is 15.2. The summed E-state index contributed by atoms with van der Waals surface area (Å²) < 4.78 is 0. The maximum atomic E-state index is 12.1. The highest BCUT2D eigenvalue weighted by atomic mass is 32.1. The standard InChI is InChI=1S/C18H21N2OS/c21-18(17-9-5-13-22-17)19-16-8-4-11-20(14-16)12-10-15-6-2-1-3-7-15/h1-3,5-9,13,16H,4,10-12,14H2,(H,19,21). The van der Waals surface area contributed by atoms with Crippen molar-refractivity contribution in [1.82, 2.24) is 10.2 Å². The van der Waals surface area contributed by atoms with Gasteiger partial charge in [-0.2, -0.15) is 0 Å². The van der Waals surface area contributed by atoms with Crippen molar-refractivity contribution in [3.63, 3.8) is 0 Å². The minimum Gasteiger partial charge on any atom is -0.347 e. The number of hydrogen-bond acceptors (Lipinski definition) is 3. The molecule has 0 spiro atoms. The molecule has 4 heteroatoms. The summed E-state index contributed by atoms with van der Waals surface area (Å²) in [4.78, 5) is 15.3. The predicted octanol–water partition coefficient (Wildman–Crippen LogP) is 3.00. The second-order valence-electron chi connectivity index (χ2n) is 5.62. The Hall–Kier alpha value is -1.65. The van der Waals surface area contributed by atoms with Crippen LogP contribution in [0, 0.1) is 6.42 Å². The van der Waals surface area contributed by atoms with Crippen LogP contribution in [0.3, 0.4) is 0 Å². The molecule has 1 N–H and O–H groups in total. The van der Waals surface area contributed by atoms with E-state index in [4.69, 9.17) is 0 Å². The maximum absolute atomic E-state index is 12.1. The zero-order valence-electron chi connectivity index (χ0n) is 12.6. The summed E-state index contributed by atoms with van der Waals surface area (Å²) in [5, 5.41) is 5.06. The van der Waals surface area contributed by atoms with E-state index in [1.54, 1.807) is 0 Å². The topological polar surface area (TPSA) is 32.3 Å². The van der Waals surface area contributed by atoms with E-state index in [0.717, 1.165) is 37.4 Å². The summed E-state index contributed by atoms with van der Waals surface area (Å²) in [5.74, 6) is 0.0427. The molecular weight excluding hydrogens is 292 g/mol. The van der Waals surface area contributed by atoms with Crippen LogP contribution < -0.4 is 5.32 Å². The Morgan fingerprint density at radius 3 is 2.86 bits per heavy atom. The molecule has 115 valence electrons. The van der Waals surface area contributed by atoms with Crippen LogP contribution in [0.15, 0.2) is 47.8 Å². The summed E-state index contributed by atoms with van der Waals surface area (Å²) in [5.41, 5.74) is 1.37. The van der Waals surface area contributed by atoms with Gasteiger partial charge in [0.2, 0.25) is 0 Å². The normalized spacial score (nSPS) is 19.0. The van der Waals surface area contributed by atoms with Crippen molar-refractivity contribution >= 4 is 17.2 Å². The van der Waals surface area contributed by atoms with Gasteiger partial charge in [-0.15, -0.1) is 11.3 Å². The fourth-order valence-corrected chi connectivity index (χ4v) is 3.42. The van der Waals surface area contributed by atoms with Gasteiger partial charge in [-0.3, -0.25) is 4.79 Å². The van der Waals surface area contributed by atoms with Crippen LogP contribution in [0.1, 0.15) is 21.7 Å². The molecule has 2 heterocycles. The van der Waals surface area contributed by atoms with Gasteiger partial charge in [-0.1, -0.05) is 36.4 Å². The Kier molecular flexibility index (Phi) is 5.24. The Labute approximate surface area is 136 Å². The number of amides is 1. The first-order chi connectivity index (χ1) is 10.8. The van der Waals surface area contributed by atoms with Gasteiger partial charge in [-0.05, 0) is 42.8 Å². The maximum Gasteiger partial charge on any atom is 0.261 e. The van der Waals surface area contributed by atoms with Crippen molar-refractivity contribution in [1.29, 1.82) is 0 Å². The molecule has 0 bridgehead atoms. The highest BCUT2D eigenvalue weighted by Crippen LogP contribution is 2.13. The van der Waals surface area contributed by atoms with Crippen molar-refractivity contribution in [2.45, 2.75) is 18.9 Å². The number of piperidine rings is 1. The third-order valence-electron chi connectivity index (χ3n) is 3.97. The second-order valence-corrected chi connectivity index (χ2v) is 6.57. The lowest BCUT2D eigenvalue weighted by Gasteiger charge is -2.32. The largest absolute Gasteiger partial charge is 0.347 e. The van der Waals surface area contributed by atoms with Crippen molar-refractivity contribution in [3.8, 4) is 0 Å². The highest BCUT2D eigenvalue weighted by molar-refractivity contribution is 7.12. The molecule has 1 fully saturated rings. The molecule has 2 aromatic rings. The minimum atomic E-state index is 0.0427. The SMILES string of the molecule is O=C(NC1[CH]CCN(CCc2ccccc2)C1)c1cccs1. The minimum absolute atomic E-state index is 0.0427. The number of carbonyl (C=O) groups is 1. The van der Waals surface area contributed by atoms with Crippen molar-refractivity contribution < 1.29 is 4.79 Å². The van der Waals surface area contributed by atoms with E-state index in [1.807, 2.05) is 17.5 Å². The van der Waals surface area contributed by atoms with E-state index in [1.165, 1.54) is 16.9 Å². The summed E-state index contributed by atoms with van der Waals surface area (Å²) in [7, 11) is 0. The molecule has 1 atom stereocenters. The Balaban J connectivity index is 1.48. The summed E-state index contributed by atoms with van der Waals surface area (Å²) in [6.07, 6.45) is 4.32. The molecule has 0 aliphatic carbocycles. The van der Waals surface area contributed by atoms with Crippen LogP contribution in [0.5, 0.6) is 0 Å². The molecule has 1 aromatic heterocycles. The van der Waals surface area contributed by atoms with Crippen LogP contribution in [0.4, 0.5) is 0 Å². The summed E-state index contributed by atoms with van der Waals surface area (Å²) in [6.45, 7) is 3.03. The number of thiophene rings is 1. The molecule has 1 aromatic carbocycles. The fourth-order valence-electron chi connectivity index (χ4n) is 2.79. The lowest BCUT2D eigenvalue weighted by Crippen LogP contribution is -2.48. The molecule has 3 rings (SSSR count). The Bertz CT molecular complexity index is 582. The van der Waals surface area contributed by atoms with E-state index in [0.29, 0.717) is 0 Å². The smallest absolute Gasteiger partial charge is 0.261 e. The van der Waals surface area contributed by atoms with Crippen molar-refractivity contribution in [2.75, 3.05) is 19.6 Å². The van der Waals surface area contributed by atoms with Gasteiger partial charge < -0.3 is 10.2 Å². The van der Waals surface area contributed by atoms with Crippen LogP contribution in [0.2, 0.25) is 0 Å². The van der Waals surface area contributed by atoms with Gasteiger partial charge in [0.05, 0.1) is 4.88 Å². The molecule has 1 aliphatic heterocycles. The molecule has 22 heavy (non-hydrogen) atoms. The van der Waals surface area contributed by atoms with E-state index >= 15 is 0 Å². The first-order valence-electron chi connectivity index (χ1n) is 7.75. The van der Waals surface area contributed by atoms with Gasteiger partial charge >= 0.3 is 0 Å². The van der Waals surface area contributed by atoms with Gasteiger partial charge in [0, 0.05) is 19.1 Å².